The molecule has 7 heteroatoms. The van der Waals surface area contributed by atoms with Gasteiger partial charge in [-0.25, -0.2) is 4.98 Å². The Morgan fingerprint density at radius 1 is 0.875 bits per heavy atom. The minimum absolute atomic E-state index is 0.0989. The van der Waals surface area contributed by atoms with Gasteiger partial charge in [-0.05, 0) is 81.3 Å². The third-order valence-corrected chi connectivity index (χ3v) is 9.31. The van der Waals surface area contributed by atoms with E-state index in [4.69, 9.17) is 4.74 Å². The monoisotopic (exact) mass is 543 g/mol. The predicted octanol–water partition coefficient (Wildman–Crippen LogP) is 6.36. The molecule has 0 radical (unpaired) electrons. The van der Waals surface area contributed by atoms with Crippen LogP contribution in [-0.4, -0.2) is 60.4 Å². The molecule has 2 aliphatic heterocycles. The number of fused-ring (bicyclic) bond motifs is 1. The van der Waals surface area contributed by atoms with Crippen LogP contribution >= 0.6 is 0 Å². The number of aromatic nitrogens is 2. The molecular weight excluding hydrogens is 498 g/mol. The van der Waals surface area contributed by atoms with E-state index < -0.39 is 0 Å². The molecule has 6 rings (SSSR count). The van der Waals surface area contributed by atoms with Gasteiger partial charge in [0.05, 0.1) is 18.7 Å². The van der Waals surface area contributed by atoms with E-state index in [0.29, 0.717) is 0 Å². The van der Waals surface area contributed by atoms with Crippen LogP contribution in [0.15, 0.2) is 53.5 Å². The Bertz CT molecular complexity index is 1280. The van der Waals surface area contributed by atoms with E-state index in [-0.39, 0.29) is 11.6 Å². The summed E-state index contributed by atoms with van der Waals surface area (Å²) >= 11 is 0. The number of ether oxygens (including phenoxy) is 1. The molecule has 0 atom stereocenters. The number of nitrogens with one attached hydrogen (secondary N) is 1. The van der Waals surface area contributed by atoms with Gasteiger partial charge in [-0.3, -0.25) is 9.69 Å². The summed E-state index contributed by atoms with van der Waals surface area (Å²) in [6, 6.07) is 14.7. The summed E-state index contributed by atoms with van der Waals surface area (Å²) in [5, 5.41) is 4.51. The minimum atomic E-state index is 0.0989. The summed E-state index contributed by atoms with van der Waals surface area (Å²) in [7, 11) is 0. The molecule has 3 aromatic rings. The Morgan fingerprint density at radius 3 is 2.38 bits per heavy atom. The number of hydrogen-bond acceptors (Lipinski definition) is 6. The first-order valence-corrected chi connectivity index (χ1v) is 15.7. The Morgan fingerprint density at radius 2 is 1.62 bits per heavy atom. The Hall–Kier alpha value is -2.90. The normalized spacial score (nSPS) is 20.1. The second kappa shape index (κ2) is 13.2. The van der Waals surface area contributed by atoms with Gasteiger partial charge in [0, 0.05) is 67.3 Å². The maximum absolute atomic E-state index is 13.0. The highest BCUT2D eigenvalue weighted by molar-refractivity contribution is 5.81. The van der Waals surface area contributed by atoms with Crippen LogP contribution in [0.2, 0.25) is 0 Å². The molecule has 0 amide bonds. The van der Waals surface area contributed by atoms with Crippen molar-refractivity contribution in [1.29, 1.82) is 0 Å². The average molecular weight is 544 g/mol. The first-order valence-electron chi connectivity index (χ1n) is 15.7. The summed E-state index contributed by atoms with van der Waals surface area (Å²) in [5.41, 5.74) is 3.40. The molecule has 3 fully saturated rings. The van der Waals surface area contributed by atoms with Crippen molar-refractivity contribution in [2.45, 2.75) is 70.3 Å². The third-order valence-electron chi connectivity index (χ3n) is 9.31. The molecule has 214 valence electrons. The summed E-state index contributed by atoms with van der Waals surface area (Å²) < 4.78 is 7.50. The molecule has 0 bridgehead atoms. The lowest BCUT2D eigenvalue weighted by Crippen LogP contribution is -2.37. The smallest absolute Gasteiger partial charge is 0.251 e. The van der Waals surface area contributed by atoms with E-state index >= 15 is 0 Å². The van der Waals surface area contributed by atoms with Crippen LogP contribution in [0.25, 0.3) is 10.9 Å². The second-order valence-corrected chi connectivity index (χ2v) is 12.0. The molecule has 4 heterocycles. The predicted molar refractivity (Wildman–Crippen MR) is 164 cm³/mol. The van der Waals surface area contributed by atoms with Gasteiger partial charge in [-0.15, -0.1) is 0 Å². The first kappa shape index (κ1) is 27.3. The van der Waals surface area contributed by atoms with Crippen LogP contribution in [0.5, 0.6) is 0 Å². The number of pyridine rings is 2. The van der Waals surface area contributed by atoms with Crippen molar-refractivity contribution < 1.29 is 4.74 Å². The van der Waals surface area contributed by atoms with Crippen molar-refractivity contribution in [3.05, 3.63) is 59.0 Å². The molecule has 1 N–H and O–H groups in total. The Kier molecular flexibility index (Phi) is 8.99. The number of hydrogen-bond donors (Lipinski definition) is 1. The number of morpholine rings is 1. The Balaban J connectivity index is 1.05. The fourth-order valence-corrected chi connectivity index (χ4v) is 6.93. The first-order chi connectivity index (χ1) is 19.7. The van der Waals surface area contributed by atoms with E-state index in [9.17, 15) is 4.79 Å². The Labute approximate surface area is 238 Å². The third kappa shape index (κ3) is 6.69. The molecule has 1 aliphatic carbocycles. The molecular formula is C33H45N5O2. The van der Waals surface area contributed by atoms with Crippen LogP contribution in [0.4, 0.5) is 17.2 Å². The second-order valence-electron chi connectivity index (χ2n) is 12.0. The molecule has 2 saturated heterocycles. The average Bonchev–Trinajstić information content (AvgIpc) is 3.28. The van der Waals surface area contributed by atoms with E-state index in [1.807, 2.05) is 16.8 Å². The van der Waals surface area contributed by atoms with Gasteiger partial charge in [0.2, 0.25) is 0 Å². The van der Waals surface area contributed by atoms with Crippen LogP contribution in [0.3, 0.4) is 0 Å². The highest BCUT2D eigenvalue weighted by atomic mass is 16.5. The lowest BCUT2D eigenvalue weighted by Gasteiger charge is -2.34. The SMILES string of the molecule is O=c1ccc2cnc(Nc3ccc(N4CCC(CCCN5CCOCC5)CC4)cc3)cc2n1C1CCCCCC1. The van der Waals surface area contributed by atoms with E-state index in [1.54, 1.807) is 6.07 Å². The fraction of sp³-hybridized carbons (Fsp3) is 0.576. The van der Waals surface area contributed by atoms with E-state index in [1.165, 1.54) is 63.6 Å². The molecule has 40 heavy (non-hydrogen) atoms. The van der Waals surface area contributed by atoms with Crippen molar-refractivity contribution in [3.63, 3.8) is 0 Å². The summed E-state index contributed by atoms with van der Waals surface area (Å²) in [6.07, 6.45) is 14.2. The van der Waals surface area contributed by atoms with Crippen LogP contribution in [0.1, 0.15) is 70.3 Å². The van der Waals surface area contributed by atoms with Crippen LogP contribution in [-0.2, 0) is 4.74 Å². The van der Waals surface area contributed by atoms with Gasteiger partial charge in [0.1, 0.15) is 5.82 Å². The van der Waals surface area contributed by atoms with Crippen molar-refractivity contribution in [3.8, 4) is 0 Å². The van der Waals surface area contributed by atoms with E-state index in [0.717, 1.165) is 80.6 Å². The summed E-state index contributed by atoms with van der Waals surface area (Å²) in [5.74, 6) is 1.64. The number of benzene rings is 1. The zero-order valence-corrected chi connectivity index (χ0v) is 23.9. The lowest BCUT2D eigenvalue weighted by atomic mass is 9.92. The van der Waals surface area contributed by atoms with Crippen LogP contribution < -0.4 is 15.8 Å². The van der Waals surface area contributed by atoms with Crippen molar-refractivity contribution in [2.75, 3.05) is 56.2 Å². The van der Waals surface area contributed by atoms with Crippen molar-refractivity contribution in [1.82, 2.24) is 14.5 Å². The number of anilines is 3. The lowest BCUT2D eigenvalue weighted by molar-refractivity contribution is 0.0365. The topological polar surface area (TPSA) is 62.6 Å². The standard InChI is InChI=1S/C33H45N5O2/c39-33-14-9-27-25-34-32(24-31(27)38(33)30-7-3-1-2-4-8-30)35-28-10-12-29(13-11-28)37-18-15-26(16-19-37)6-5-17-36-20-22-40-23-21-36/h9-14,24-26,30H,1-8,15-23H2,(H,34,35). The molecule has 2 aromatic heterocycles. The maximum atomic E-state index is 13.0. The molecule has 3 aliphatic rings. The zero-order chi connectivity index (χ0) is 27.1. The molecule has 1 saturated carbocycles. The summed E-state index contributed by atoms with van der Waals surface area (Å²) in [4.78, 5) is 22.7. The van der Waals surface area contributed by atoms with Crippen molar-refractivity contribution in [2.24, 2.45) is 5.92 Å². The zero-order valence-electron chi connectivity index (χ0n) is 23.9. The van der Waals surface area contributed by atoms with Gasteiger partial charge in [0.25, 0.3) is 5.56 Å². The van der Waals surface area contributed by atoms with Crippen LogP contribution in [0, 0.1) is 5.92 Å². The van der Waals surface area contributed by atoms with Gasteiger partial charge in [-0.2, -0.15) is 0 Å². The highest BCUT2D eigenvalue weighted by Gasteiger charge is 2.21. The number of rotatable bonds is 8. The number of nitrogens with zero attached hydrogens (tertiary/aromatic N) is 4. The van der Waals surface area contributed by atoms with Gasteiger partial charge >= 0.3 is 0 Å². The van der Waals surface area contributed by atoms with Gasteiger partial charge in [0.15, 0.2) is 0 Å². The van der Waals surface area contributed by atoms with Gasteiger partial charge < -0.3 is 19.5 Å². The molecule has 1 aromatic carbocycles. The quantitative estimate of drug-likeness (QED) is 0.334. The fourth-order valence-electron chi connectivity index (χ4n) is 6.93. The molecule has 0 unspecified atom stereocenters. The van der Waals surface area contributed by atoms with Crippen molar-refractivity contribution >= 4 is 28.1 Å². The van der Waals surface area contributed by atoms with Gasteiger partial charge in [-0.1, -0.05) is 25.7 Å². The molecule has 0 spiro atoms. The van der Waals surface area contributed by atoms with E-state index in [2.05, 4.69) is 50.4 Å². The summed E-state index contributed by atoms with van der Waals surface area (Å²) in [6.45, 7) is 7.49. The number of piperidine rings is 1. The molecule has 7 nitrogen and oxygen atoms in total. The highest BCUT2D eigenvalue weighted by Crippen LogP contribution is 2.31. The minimum Gasteiger partial charge on any atom is -0.379 e. The largest absolute Gasteiger partial charge is 0.379 e. The maximum Gasteiger partial charge on any atom is 0.251 e.